The molecule has 2 rings (SSSR count). The number of benzene rings is 1. The van der Waals surface area contributed by atoms with Gasteiger partial charge in [-0.1, -0.05) is 44.2 Å². The van der Waals surface area contributed by atoms with E-state index in [4.69, 9.17) is 5.73 Å². The zero-order valence-corrected chi connectivity index (χ0v) is 12.6. The third-order valence-corrected chi connectivity index (χ3v) is 4.43. The quantitative estimate of drug-likeness (QED) is 0.825. The first-order chi connectivity index (χ1) is 9.56. The van der Waals surface area contributed by atoms with E-state index in [-0.39, 0.29) is 5.91 Å². The molecule has 0 atom stereocenters. The van der Waals surface area contributed by atoms with E-state index in [9.17, 15) is 4.79 Å². The molecule has 0 aliphatic heterocycles. The molecule has 1 aliphatic rings. The second-order valence-corrected chi connectivity index (χ2v) is 6.26. The minimum Gasteiger partial charge on any atom is -0.398 e. The second kappa shape index (κ2) is 6.78. The largest absolute Gasteiger partial charge is 0.398 e. The zero-order valence-electron chi connectivity index (χ0n) is 12.6. The maximum absolute atomic E-state index is 12.1. The molecule has 3 heteroatoms. The van der Waals surface area contributed by atoms with Crippen LogP contribution in [0.3, 0.4) is 0 Å². The second-order valence-electron chi connectivity index (χ2n) is 6.26. The Bertz CT molecular complexity index is 462. The van der Waals surface area contributed by atoms with Gasteiger partial charge in [0.05, 0.1) is 5.56 Å². The van der Waals surface area contributed by atoms with Crippen molar-refractivity contribution in [2.24, 2.45) is 11.8 Å². The highest BCUT2D eigenvalue weighted by Crippen LogP contribution is 2.29. The Morgan fingerprint density at radius 2 is 2.00 bits per heavy atom. The number of amides is 1. The standard InChI is InChI=1S/C17H26N2O/c1-12-3-6-14(7-4-12)9-10-19-17(20)15-11-13(2)5-8-16(15)18/h5,8,11-12,14H,3-4,6-7,9-10,18H2,1-2H3,(H,19,20). The summed E-state index contributed by atoms with van der Waals surface area (Å²) < 4.78 is 0. The fourth-order valence-electron chi connectivity index (χ4n) is 2.97. The molecule has 1 amide bonds. The van der Waals surface area contributed by atoms with Crippen molar-refractivity contribution in [2.45, 2.75) is 46.0 Å². The van der Waals surface area contributed by atoms with Gasteiger partial charge in [-0.3, -0.25) is 4.79 Å². The Morgan fingerprint density at radius 1 is 1.30 bits per heavy atom. The summed E-state index contributed by atoms with van der Waals surface area (Å²) >= 11 is 0. The first-order valence-electron chi connectivity index (χ1n) is 7.70. The van der Waals surface area contributed by atoms with Crippen LogP contribution in [0.2, 0.25) is 0 Å². The molecule has 0 aromatic heterocycles. The molecular weight excluding hydrogens is 248 g/mol. The minimum absolute atomic E-state index is 0.0459. The van der Waals surface area contributed by atoms with Crippen molar-refractivity contribution >= 4 is 11.6 Å². The normalized spacial score (nSPS) is 22.5. The Labute approximate surface area is 121 Å². The van der Waals surface area contributed by atoms with Gasteiger partial charge in [-0.2, -0.15) is 0 Å². The smallest absolute Gasteiger partial charge is 0.253 e. The predicted molar refractivity (Wildman–Crippen MR) is 83.7 cm³/mol. The lowest BCUT2D eigenvalue weighted by Crippen LogP contribution is -2.27. The van der Waals surface area contributed by atoms with Crippen LogP contribution in [-0.4, -0.2) is 12.5 Å². The number of nitrogens with one attached hydrogen (secondary N) is 1. The van der Waals surface area contributed by atoms with Crippen LogP contribution in [0.25, 0.3) is 0 Å². The third-order valence-electron chi connectivity index (χ3n) is 4.43. The van der Waals surface area contributed by atoms with Crippen LogP contribution in [0.1, 0.15) is 54.9 Å². The molecule has 1 aromatic rings. The lowest BCUT2D eigenvalue weighted by Gasteiger charge is -2.26. The maximum Gasteiger partial charge on any atom is 0.253 e. The van der Waals surface area contributed by atoms with Crippen molar-refractivity contribution in [3.05, 3.63) is 29.3 Å². The van der Waals surface area contributed by atoms with E-state index >= 15 is 0 Å². The number of rotatable bonds is 4. The Morgan fingerprint density at radius 3 is 2.70 bits per heavy atom. The highest BCUT2D eigenvalue weighted by Gasteiger charge is 2.18. The van der Waals surface area contributed by atoms with E-state index in [1.807, 2.05) is 19.1 Å². The van der Waals surface area contributed by atoms with Crippen LogP contribution >= 0.6 is 0 Å². The van der Waals surface area contributed by atoms with Crippen LogP contribution in [0, 0.1) is 18.8 Å². The van der Waals surface area contributed by atoms with Crippen LogP contribution < -0.4 is 11.1 Å². The molecule has 0 saturated heterocycles. The Hall–Kier alpha value is -1.51. The first-order valence-corrected chi connectivity index (χ1v) is 7.70. The summed E-state index contributed by atoms with van der Waals surface area (Å²) in [5.41, 5.74) is 8.07. The van der Waals surface area contributed by atoms with Crippen molar-refractivity contribution < 1.29 is 4.79 Å². The SMILES string of the molecule is Cc1ccc(N)c(C(=O)NCCC2CCC(C)CC2)c1. The highest BCUT2D eigenvalue weighted by atomic mass is 16.1. The van der Waals surface area contributed by atoms with E-state index in [2.05, 4.69) is 12.2 Å². The van der Waals surface area contributed by atoms with Gasteiger partial charge in [-0.15, -0.1) is 0 Å². The van der Waals surface area contributed by atoms with Crippen LogP contribution in [-0.2, 0) is 0 Å². The Balaban J connectivity index is 1.79. The topological polar surface area (TPSA) is 55.1 Å². The van der Waals surface area contributed by atoms with Gasteiger partial charge in [0.1, 0.15) is 0 Å². The number of nitrogens with two attached hydrogens (primary N) is 1. The number of anilines is 1. The lowest BCUT2D eigenvalue weighted by atomic mass is 9.81. The van der Waals surface area contributed by atoms with Crippen LogP contribution in [0.5, 0.6) is 0 Å². The van der Waals surface area contributed by atoms with E-state index < -0.39 is 0 Å². The number of carbonyl (C=O) groups is 1. The van der Waals surface area contributed by atoms with Gasteiger partial charge in [-0.25, -0.2) is 0 Å². The van der Waals surface area contributed by atoms with E-state index in [0.717, 1.165) is 30.4 Å². The number of nitrogen functional groups attached to an aromatic ring is 1. The third kappa shape index (κ3) is 3.99. The van der Waals surface area contributed by atoms with Gasteiger partial charge < -0.3 is 11.1 Å². The fourth-order valence-corrected chi connectivity index (χ4v) is 2.97. The maximum atomic E-state index is 12.1. The number of hydrogen-bond acceptors (Lipinski definition) is 2. The molecule has 0 heterocycles. The van der Waals surface area contributed by atoms with Crippen molar-refractivity contribution in [3.8, 4) is 0 Å². The molecular formula is C17H26N2O. The summed E-state index contributed by atoms with van der Waals surface area (Å²) in [7, 11) is 0. The Kier molecular flexibility index (Phi) is 5.05. The summed E-state index contributed by atoms with van der Waals surface area (Å²) in [6.07, 6.45) is 6.38. The van der Waals surface area contributed by atoms with E-state index in [1.165, 1.54) is 25.7 Å². The van der Waals surface area contributed by atoms with Crippen molar-refractivity contribution in [2.75, 3.05) is 12.3 Å². The van der Waals surface area contributed by atoms with Gasteiger partial charge in [0.25, 0.3) is 5.91 Å². The molecule has 3 N–H and O–H groups in total. The molecule has 3 nitrogen and oxygen atoms in total. The van der Waals surface area contributed by atoms with Gasteiger partial charge >= 0.3 is 0 Å². The number of carbonyl (C=O) groups excluding carboxylic acids is 1. The van der Waals surface area contributed by atoms with Gasteiger partial charge in [0.15, 0.2) is 0 Å². The van der Waals surface area contributed by atoms with Crippen LogP contribution in [0.15, 0.2) is 18.2 Å². The molecule has 0 bridgehead atoms. The molecule has 110 valence electrons. The summed E-state index contributed by atoms with van der Waals surface area (Å²) in [6.45, 7) is 5.06. The fraction of sp³-hybridized carbons (Fsp3) is 0.588. The van der Waals surface area contributed by atoms with Gasteiger partial charge in [-0.05, 0) is 37.3 Å². The number of aryl methyl sites for hydroxylation is 1. The zero-order chi connectivity index (χ0) is 14.5. The monoisotopic (exact) mass is 274 g/mol. The minimum atomic E-state index is -0.0459. The van der Waals surface area contributed by atoms with Crippen molar-refractivity contribution in [1.29, 1.82) is 0 Å². The summed E-state index contributed by atoms with van der Waals surface area (Å²) in [4.78, 5) is 12.1. The molecule has 1 fully saturated rings. The summed E-state index contributed by atoms with van der Waals surface area (Å²) in [6, 6.07) is 5.58. The molecule has 0 unspecified atom stereocenters. The average Bonchev–Trinajstić information content (AvgIpc) is 2.43. The number of hydrogen-bond donors (Lipinski definition) is 2. The molecule has 0 radical (unpaired) electrons. The van der Waals surface area contributed by atoms with Gasteiger partial charge in [0.2, 0.25) is 0 Å². The average molecular weight is 274 g/mol. The molecule has 20 heavy (non-hydrogen) atoms. The molecule has 1 saturated carbocycles. The summed E-state index contributed by atoms with van der Waals surface area (Å²) in [5.74, 6) is 1.62. The summed E-state index contributed by atoms with van der Waals surface area (Å²) in [5, 5.41) is 3.01. The lowest BCUT2D eigenvalue weighted by molar-refractivity contribution is 0.0950. The highest BCUT2D eigenvalue weighted by molar-refractivity contribution is 5.99. The molecule has 1 aliphatic carbocycles. The van der Waals surface area contributed by atoms with E-state index in [1.54, 1.807) is 6.07 Å². The van der Waals surface area contributed by atoms with Gasteiger partial charge in [0, 0.05) is 12.2 Å². The van der Waals surface area contributed by atoms with Crippen LogP contribution in [0.4, 0.5) is 5.69 Å². The predicted octanol–water partition coefficient (Wildman–Crippen LogP) is 3.52. The van der Waals surface area contributed by atoms with Crippen molar-refractivity contribution in [3.63, 3.8) is 0 Å². The first kappa shape index (κ1) is 14.9. The molecule has 0 spiro atoms. The van der Waals surface area contributed by atoms with Crippen molar-refractivity contribution in [1.82, 2.24) is 5.32 Å². The molecule has 1 aromatic carbocycles. The van der Waals surface area contributed by atoms with E-state index in [0.29, 0.717) is 11.3 Å².